The molecule has 5 heterocycles. The van der Waals surface area contributed by atoms with Crippen LogP contribution in [0.4, 0.5) is 10.1 Å². The van der Waals surface area contributed by atoms with E-state index in [0.29, 0.717) is 57.1 Å². The lowest BCUT2D eigenvalue weighted by molar-refractivity contribution is -0.116. The second kappa shape index (κ2) is 9.60. The number of carbonyl (C=O) groups excluding carboxylic acids is 1. The molecule has 194 valence electrons. The van der Waals surface area contributed by atoms with E-state index in [2.05, 4.69) is 40.4 Å². The third-order valence-electron chi connectivity index (χ3n) is 6.17. The van der Waals surface area contributed by atoms with Crippen molar-refractivity contribution >= 4 is 33.7 Å². The number of nitrogens with zero attached hydrogens (tertiary/aromatic N) is 5. The van der Waals surface area contributed by atoms with Crippen LogP contribution in [0.15, 0.2) is 61.2 Å². The van der Waals surface area contributed by atoms with Gasteiger partial charge in [-0.3, -0.25) is 19.9 Å². The Morgan fingerprint density at radius 3 is 2.77 bits per heavy atom. The van der Waals surface area contributed by atoms with Gasteiger partial charge in [-0.05, 0) is 41.8 Å². The third-order valence-corrected chi connectivity index (χ3v) is 6.17. The lowest BCUT2D eigenvalue weighted by Gasteiger charge is -2.08. The second-order valence-corrected chi connectivity index (χ2v) is 9.64. The highest BCUT2D eigenvalue weighted by Gasteiger charge is 2.17. The van der Waals surface area contributed by atoms with Crippen molar-refractivity contribution in [3.8, 4) is 39.7 Å². The van der Waals surface area contributed by atoms with Crippen LogP contribution in [0.3, 0.4) is 0 Å². The molecule has 0 fully saturated rings. The molecule has 0 radical (unpaired) electrons. The second-order valence-electron chi connectivity index (χ2n) is 9.64. The van der Waals surface area contributed by atoms with E-state index >= 15 is 0 Å². The van der Waals surface area contributed by atoms with E-state index in [0.717, 1.165) is 17.0 Å². The molecule has 5 aromatic heterocycles. The van der Waals surface area contributed by atoms with E-state index in [-0.39, 0.29) is 17.6 Å². The molecule has 0 unspecified atom stereocenters. The molecule has 6 rings (SSSR count). The molecule has 0 spiro atoms. The van der Waals surface area contributed by atoms with Gasteiger partial charge in [0.1, 0.15) is 17.3 Å². The summed E-state index contributed by atoms with van der Waals surface area (Å²) in [7, 11) is 0. The number of fused-ring (bicyclic) bond motifs is 2. The van der Waals surface area contributed by atoms with Gasteiger partial charge in [-0.1, -0.05) is 13.8 Å². The zero-order valence-corrected chi connectivity index (χ0v) is 21.0. The third kappa shape index (κ3) is 4.77. The van der Waals surface area contributed by atoms with Gasteiger partial charge in [0.25, 0.3) is 0 Å². The fraction of sp³-hybridized carbons (Fsp3) is 0.143. The summed E-state index contributed by atoms with van der Waals surface area (Å²) < 4.78 is 14.0. The number of imidazole rings is 1. The van der Waals surface area contributed by atoms with Crippen molar-refractivity contribution in [1.29, 1.82) is 0 Å². The van der Waals surface area contributed by atoms with Crippen LogP contribution in [0.25, 0.3) is 56.0 Å². The van der Waals surface area contributed by atoms with Crippen molar-refractivity contribution < 1.29 is 14.3 Å². The zero-order valence-electron chi connectivity index (χ0n) is 21.0. The highest BCUT2D eigenvalue weighted by Crippen LogP contribution is 2.33. The van der Waals surface area contributed by atoms with Crippen LogP contribution in [0, 0.1) is 11.7 Å². The predicted molar refractivity (Wildman–Crippen MR) is 145 cm³/mol. The number of benzene rings is 1. The van der Waals surface area contributed by atoms with Crippen LogP contribution in [0.2, 0.25) is 0 Å². The number of aromatic amines is 2. The van der Waals surface area contributed by atoms with Gasteiger partial charge in [-0.25, -0.2) is 14.4 Å². The number of carbonyl (C=O) groups is 1. The summed E-state index contributed by atoms with van der Waals surface area (Å²) in [6, 6.07) is 9.29. The van der Waals surface area contributed by atoms with Crippen molar-refractivity contribution in [1.82, 2.24) is 35.1 Å². The van der Waals surface area contributed by atoms with E-state index in [1.165, 1.54) is 12.1 Å². The Bertz CT molecular complexity index is 1840. The minimum atomic E-state index is -0.550. The molecule has 0 aliphatic heterocycles. The molecule has 0 atom stereocenters. The van der Waals surface area contributed by atoms with Crippen molar-refractivity contribution in [3.05, 3.63) is 67.0 Å². The lowest BCUT2D eigenvalue weighted by Crippen LogP contribution is -2.13. The predicted octanol–water partition coefficient (Wildman–Crippen LogP) is 5.45. The van der Waals surface area contributed by atoms with Crippen molar-refractivity contribution in [3.63, 3.8) is 0 Å². The molecule has 0 bridgehead atoms. The van der Waals surface area contributed by atoms with Crippen LogP contribution in [-0.4, -0.2) is 46.1 Å². The molecule has 10 nitrogen and oxygen atoms in total. The molecule has 0 aliphatic carbocycles. The number of phenols is 1. The maximum absolute atomic E-state index is 14.0. The Balaban J connectivity index is 1.39. The number of rotatable bonds is 6. The van der Waals surface area contributed by atoms with Crippen molar-refractivity contribution in [2.24, 2.45) is 5.92 Å². The van der Waals surface area contributed by atoms with E-state index in [1.54, 1.807) is 30.9 Å². The largest absolute Gasteiger partial charge is 0.508 e. The van der Waals surface area contributed by atoms with Crippen molar-refractivity contribution in [2.45, 2.75) is 20.3 Å². The van der Waals surface area contributed by atoms with Gasteiger partial charge in [0.2, 0.25) is 5.91 Å². The Hall–Kier alpha value is -5.19. The minimum absolute atomic E-state index is 0.0733. The number of anilines is 1. The zero-order chi connectivity index (χ0) is 27.1. The van der Waals surface area contributed by atoms with E-state index in [9.17, 15) is 14.3 Å². The van der Waals surface area contributed by atoms with Gasteiger partial charge in [0, 0.05) is 41.4 Å². The Morgan fingerprint density at radius 2 is 1.95 bits per heavy atom. The molecule has 11 heteroatoms. The first-order chi connectivity index (χ1) is 18.8. The van der Waals surface area contributed by atoms with Crippen LogP contribution in [0.5, 0.6) is 5.75 Å². The van der Waals surface area contributed by atoms with Crippen molar-refractivity contribution in [2.75, 3.05) is 5.32 Å². The van der Waals surface area contributed by atoms with E-state index in [1.807, 2.05) is 26.0 Å². The fourth-order valence-corrected chi connectivity index (χ4v) is 4.48. The molecule has 0 saturated carbocycles. The van der Waals surface area contributed by atoms with Crippen LogP contribution >= 0.6 is 0 Å². The SMILES string of the molecule is CC(C)CC(=O)Nc1cncc(-c2cc3c(-c4nc5nccc(-c6cc(O)cc(F)c6)c5[nH]4)n[nH]c3cn2)c1. The number of hydrogen-bond acceptors (Lipinski definition) is 7. The monoisotopic (exact) mass is 522 g/mol. The summed E-state index contributed by atoms with van der Waals surface area (Å²) in [4.78, 5) is 33.3. The summed E-state index contributed by atoms with van der Waals surface area (Å²) in [5.74, 6) is -0.0926. The number of H-pyrrole nitrogens is 2. The molecule has 1 amide bonds. The Morgan fingerprint density at radius 1 is 1.08 bits per heavy atom. The number of aromatic hydroxyl groups is 1. The highest BCUT2D eigenvalue weighted by molar-refractivity contribution is 5.97. The number of pyridine rings is 3. The standard InChI is InChI=1S/C28H23FN8O2/c1-14(2)5-24(39)33-18-7-16(11-30-12-18)22-10-21-23(13-32-22)36-37-26(21)28-34-25-20(3-4-31-27(25)35-28)15-6-17(29)9-19(38)8-15/h3-4,6-14,38H,5H2,1-2H3,(H,33,39)(H,36,37)(H,31,34,35). The van der Waals surface area contributed by atoms with E-state index in [4.69, 9.17) is 0 Å². The first-order valence-corrected chi connectivity index (χ1v) is 12.3. The molecule has 0 aliphatic rings. The van der Waals surface area contributed by atoms with Gasteiger partial charge in [-0.15, -0.1) is 0 Å². The summed E-state index contributed by atoms with van der Waals surface area (Å²) >= 11 is 0. The topological polar surface area (TPSA) is 145 Å². The van der Waals surface area contributed by atoms with Gasteiger partial charge in [0.15, 0.2) is 11.5 Å². The number of phenolic OH excluding ortho intramolecular Hbond substituents is 1. The molecular formula is C28H23FN8O2. The molecule has 4 N–H and O–H groups in total. The van der Waals surface area contributed by atoms with Crippen LogP contribution in [0.1, 0.15) is 20.3 Å². The smallest absolute Gasteiger partial charge is 0.224 e. The molecule has 6 aromatic rings. The first kappa shape index (κ1) is 24.2. The average Bonchev–Trinajstić information content (AvgIpc) is 3.51. The summed E-state index contributed by atoms with van der Waals surface area (Å²) in [5.41, 5.74) is 5.34. The molecule has 0 saturated heterocycles. The molecule has 39 heavy (non-hydrogen) atoms. The lowest BCUT2D eigenvalue weighted by atomic mass is 10.1. The number of aromatic nitrogens is 7. The van der Waals surface area contributed by atoms with Gasteiger partial charge in [0.05, 0.1) is 34.8 Å². The summed E-state index contributed by atoms with van der Waals surface area (Å²) in [6.07, 6.45) is 6.95. The molecule has 1 aromatic carbocycles. The highest BCUT2D eigenvalue weighted by atomic mass is 19.1. The normalized spacial score (nSPS) is 11.5. The summed E-state index contributed by atoms with van der Waals surface area (Å²) in [5, 5.41) is 21.0. The van der Waals surface area contributed by atoms with Crippen LogP contribution < -0.4 is 5.32 Å². The molecular weight excluding hydrogens is 499 g/mol. The number of amides is 1. The number of halogens is 1. The van der Waals surface area contributed by atoms with Gasteiger partial charge < -0.3 is 15.4 Å². The average molecular weight is 523 g/mol. The van der Waals surface area contributed by atoms with Gasteiger partial charge in [-0.2, -0.15) is 5.10 Å². The fourth-order valence-electron chi connectivity index (χ4n) is 4.48. The van der Waals surface area contributed by atoms with Gasteiger partial charge >= 0.3 is 0 Å². The number of hydrogen-bond donors (Lipinski definition) is 4. The minimum Gasteiger partial charge on any atom is -0.508 e. The number of nitrogens with one attached hydrogen (secondary N) is 3. The maximum Gasteiger partial charge on any atom is 0.224 e. The Labute approximate surface area is 221 Å². The van der Waals surface area contributed by atoms with E-state index < -0.39 is 5.82 Å². The first-order valence-electron chi connectivity index (χ1n) is 12.3. The van der Waals surface area contributed by atoms with Crippen LogP contribution in [-0.2, 0) is 4.79 Å². The summed E-state index contributed by atoms with van der Waals surface area (Å²) in [6.45, 7) is 3.97. The quantitative estimate of drug-likeness (QED) is 0.227. The Kier molecular flexibility index (Phi) is 5.95. The maximum atomic E-state index is 14.0.